The van der Waals surface area contributed by atoms with Gasteiger partial charge in [0.2, 0.25) is 11.8 Å². The van der Waals surface area contributed by atoms with Gasteiger partial charge in [-0.15, -0.1) is 0 Å². The summed E-state index contributed by atoms with van der Waals surface area (Å²) in [5.74, 6) is -0.0943. The molecule has 2 aliphatic rings. The van der Waals surface area contributed by atoms with E-state index in [1.165, 1.54) is 0 Å². The highest BCUT2D eigenvalue weighted by molar-refractivity contribution is 5.89. The highest BCUT2D eigenvalue weighted by Crippen LogP contribution is 2.25. The summed E-state index contributed by atoms with van der Waals surface area (Å²) in [6.07, 6.45) is 3.26. The Bertz CT molecular complexity index is 357. The molecule has 108 valence electrons. The molecule has 5 heteroatoms. The van der Waals surface area contributed by atoms with Crippen LogP contribution in [0.5, 0.6) is 0 Å². The highest BCUT2D eigenvalue weighted by Gasteiger charge is 2.39. The van der Waals surface area contributed by atoms with E-state index in [9.17, 15) is 14.7 Å². The van der Waals surface area contributed by atoms with Crippen molar-refractivity contribution in [1.29, 1.82) is 0 Å². The van der Waals surface area contributed by atoms with Gasteiger partial charge in [-0.2, -0.15) is 0 Å². The van der Waals surface area contributed by atoms with Crippen molar-refractivity contribution in [3.63, 3.8) is 0 Å². The molecule has 1 N–H and O–H groups in total. The minimum Gasteiger partial charge on any atom is -0.394 e. The topological polar surface area (TPSA) is 60.9 Å². The molecule has 2 unspecified atom stereocenters. The summed E-state index contributed by atoms with van der Waals surface area (Å²) in [7, 11) is 0. The van der Waals surface area contributed by atoms with E-state index in [4.69, 9.17) is 0 Å². The van der Waals surface area contributed by atoms with Crippen molar-refractivity contribution >= 4 is 11.8 Å². The molecule has 0 radical (unpaired) electrons. The predicted molar refractivity (Wildman–Crippen MR) is 71.4 cm³/mol. The van der Waals surface area contributed by atoms with E-state index in [0.29, 0.717) is 13.0 Å². The first-order valence-corrected chi connectivity index (χ1v) is 7.25. The molecular formula is C14H24N2O3. The highest BCUT2D eigenvalue weighted by atomic mass is 16.3. The SMILES string of the molecule is CC(C)N1CC(C(=O)N2CCCCC2CO)CC1=O. The third kappa shape index (κ3) is 2.91. The van der Waals surface area contributed by atoms with Crippen LogP contribution in [0.2, 0.25) is 0 Å². The van der Waals surface area contributed by atoms with Crippen LogP contribution in [0.3, 0.4) is 0 Å². The first-order chi connectivity index (χ1) is 9.04. The quantitative estimate of drug-likeness (QED) is 0.816. The van der Waals surface area contributed by atoms with Gasteiger partial charge in [-0.1, -0.05) is 0 Å². The number of aliphatic hydroxyl groups excluding tert-OH is 1. The molecule has 2 saturated heterocycles. The molecule has 2 fully saturated rings. The molecule has 0 saturated carbocycles. The van der Waals surface area contributed by atoms with E-state index in [1.807, 2.05) is 13.8 Å². The van der Waals surface area contributed by atoms with Crippen molar-refractivity contribution in [1.82, 2.24) is 9.80 Å². The molecular weight excluding hydrogens is 244 g/mol. The van der Waals surface area contributed by atoms with Crippen molar-refractivity contribution in [2.75, 3.05) is 19.7 Å². The molecule has 0 bridgehead atoms. The van der Waals surface area contributed by atoms with E-state index in [0.717, 1.165) is 25.8 Å². The molecule has 0 aromatic rings. The molecule has 0 aliphatic carbocycles. The molecule has 5 nitrogen and oxygen atoms in total. The number of aliphatic hydroxyl groups is 1. The van der Waals surface area contributed by atoms with Gasteiger partial charge in [-0.3, -0.25) is 9.59 Å². The Hall–Kier alpha value is -1.10. The molecule has 0 aromatic heterocycles. The molecule has 2 amide bonds. The van der Waals surface area contributed by atoms with Gasteiger partial charge in [0.05, 0.1) is 18.6 Å². The summed E-state index contributed by atoms with van der Waals surface area (Å²) in [6, 6.07) is 0.102. The van der Waals surface area contributed by atoms with Crippen LogP contribution in [0.15, 0.2) is 0 Å². The fraction of sp³-hybridized carbons (Fsp3) is 0.857. The second-order valence-corrected chi connectivity index (χ2v) is 5.90. The molecule has 2 aliphatic heterocycles. The third-order valence-corrected chi connectivity index (χ3v) is 4.25. The van der Waals surface area contributed by atoms with Crippen molar-refractivity contribution in [2.45, 2.75) is 51.6 Å². The molecule has 0 aromatic carbocycles. The number of likely N-dealkylation sites (tertiary alicyclic amines) is 2. The van der Waals surface area contributed by atoms with Crippen LogP contribution < -0.4 is 0 Å². The van der Waals surface area contributed by atoms with E-state index < -0.39 is 0 Å². The molecule has 2 heterocycles. The van der Waals surface area contributed by atoms with E-state index in [1.54, 1.807) is 9.80 Å². The Kier molecular flexibility index (Phi) is 4.45. The molecule has 19 heavy (non-hydrogen) atoms. The summed E-state index contributed by atoms with van der Waals surface area (Å²) in [6.45, 7) is 5.23. The van der Waals surface area contributed by atoms with Crippen molar-refractivity contribution in [3.05, 3.63) is 0 Å². The Balaban J connectivity index is 2.02. The molecule has 2 rings (SSSR count). The summed E-state index contributed by atoms with van der Waals surface area (Å²) in [4.78, 5) is 28.0. The zero-order valence-electron chi connectivity index (χ0n) is 11.8. The lowest BCUT2D eigenvalue weighted by molar-refractivity contribution is -0.140. The maximum Gasteiger partial charge on any atom is 0.228 e. The summed E-state index contributed by atoms with van der Waals surface area (Å²) in [5.41, 5.74) is 0. The predicted octanol–water partition coefficient (Wildman–Crippen LogP) is 0.617. The Labute approximate surface area is 114 Å². The number of piperidine rings is 1. The van der Waals surface area contributed by atoms with Gasteiger partial charge in [0, 0.05) is 25.6 Å². The monoisotopic (exact) mass is 268 g/mol. The van der Waals surface area contributed by atoms with Crippen LogP contribution in [0.4, 0.5) is 0 Å². The van der Waals surface area contributed by atoms with Gasteiger partial charge in [-0.25, -0.2) is 0 Å². The van der Waals surface area contributed by atoms with Crippen molar-refractivity contribution in [2.24, 2.45) is 5.92 Å². The minimum atomic E-state index is -0.220. The number of nitrogens with zero attached hydrogens (tertiary/aromatic N) is 2. The van der Waals surface area contributed by atoms with Gasteiger partial charge in [0.15, 0.2) is 0 Å². The Morgan fingerprint density at radius 3 is 2.74 bits per heavy atom. The Morgan fingerprint density at radius 1 is 1.42 bits per heavy atom. The standard InChI is InChI=1S/C14H24N2O3/c1-10(2)16-8-11(7-13(16)18)14(19)15-6-4-3-5-12(15)9-17/h10-12,17H,3-9H2,1-2H3. The smallest absolute Gasteiger partial charge is 0.228 e. The number of hydrogen-bond acceptors (Lipinski definition) is 3. The number of amides is 2. The average molecular weight is 268 g/mol. The lowest BCUT2D eigenvalue weighted by atomic mass is 9.99. The van der Waals surface area contributed by atoms with Gasteiger partial charge in [-0.05, 0) is 33.1 Å². The number of hydrogen-bond donors (Lipinski definition) is 1. The van der Waals surface area contributed by atoms with E-state index >= 15 is 0 Å². The van der Waals surface area contributed by atoms with Crippen LogP contribution >= 0.6 is 0 Å². The number of rotatable bonds is 3. The maximum absolute atomic E-state index is 12.5. The van der Waals surface area contributed by atoms with Crippen LogP contribution in [0.1, 0.15) is 39.5 Å². The molecule has 0 spiro atoms. The third-order valence-electron chi connectivity index (χ3n) is 4.25. The van der Waals surface area contributed by atoms with Crippen molar-refractivity contribution in [3.8, 4) is 0 Å². The minimum absolute atomic E-state index is 0.0281. The van der Waals surface area contributed by atoms with Crippen LogP contribution in [0.25, 0.3) is 0 Å². The zero-order chi connectivity index (χ0) is 14.0. The second kappa shape index (κ2) is 5.90. The van der Waals surface area contributed by atoms with Crippen LogP contribution in [-0.2, 0) is 9.59 Å². The lowest BCUT2D eigenvalue weighted by Crippen LogP contribution is -2.48. The van der Waals surface area contributed by atoms with E-state index in [-0.39, 0.29) is 36.4 Å². The largest absolute Gasteiger partial charge is 0.394 e. The lowest BCUT2D eigenvalue weighted by Gasteiger charge is -2.36. The average Bonchev–Trinajstić information content (AvgIpc) is 2.80. The maximum atomic E-state index is 12.5. The second-order valence-electron chi connectivity index (χ2n) is 5.90. The molecule has 2 atom stereocenters. The summed E-state index contributed by atoms with van der Waals surface area (Å²) in [5, 5.41) is 9.37. The first kappa shape index (κ1) is 14.3. The summed E-state index contributed by atoms with van der Waals surface area (Å²) >= 11 is 0. The van der Waals surface area contributed by atoms with Gasteiger partial charge in [0.25, 0.3) is 0 Å². The fourth-order valence-electron chi connectivity index (χ4n) is 3.11. The van der Waals surface area contributed by atoms with Crippen molar-refractivity contribution < 1.29 is 14.7 Å². The fourth-order valence-corrected chi connectivity index (χ4v) is 3.11. The zero-order valence-corrected chi connectivity index (χ0v) is 11.8. The van der Waals surface area contributed by atoms with Crippen LogP contribution in [0, 0.1) is 5.92 Å². The normalized spacial score (nSPS) is 28.3. The van der Waals surface area contributed by atoms with Gasteiger partial charge < -0.3 is 14.9 Å². The summed E-state index contributed by atoms with van der Waals surface area (Å²) < 4.78 is 0. The Morgan fingerprint density at radius 2 is 2.16 bits per heavy atom. The number of carbonyl (C=O) groups is 2. The van der Waals surface area contributed by atoms with E-state index in [2.05, 4.69) is 0 Å². The first-order valence-electron chi connectivity index (χ1n) is 7.25. The van der Waals surface area contributed by atoms with Crippen LogP contribution in [-0.4, -0.2) is 58.5 Å². The van der Waals surface area contributed by atoms with Gasteiger partial charge in [0.1, 0.15) is 0 Å². The van der Waals surface area contributed by atoms with Gasteiger partial charge >= 0.3 is 0 Å². The number of carbonyl (C=O) groups excluding carboxylic acids is 2.